The van der Waals surface area contributed by atoms with Crippen LogP contribution in [0.4, 0.5) is 0 Å². The van der Waals surface area contributed by atoms with Gasteiger partial charge in [-0.25, -0.2) is 0 Å². The first-order valence-electron chi connectivity index (χ1n) is 5.86. The number of ether oxygens (including phenoxy) is 2. The smallest absolute Gasteiger partial charge is 0.127 e. The SMILES string of the molecule is C=C=Cc1cc(OC(C)C)ccc1OC(C)C. The zero-order valence-corrected chi connectivity index (χ0v) is 11.0. The molecule has 0 saturated carbocycles. The van der Waals surface area contributed by atoms with E-state index in [0.717, 1.165) is 17.1 Å². The fourth-order valence-corrected chi connectivity index (χ4v) is 1.46. The molecular weight excluding hydrogens is 212 g/mol. The molecule has 1 rings (SSSR count). The molecule has 1 aromatic rings. The fraction of sp³-hybridized carbons (Fsp3) is 0.400. The minimum atomic E-state index is 0.142. The highest BCUT2D eigenvalue weighted by Crippen LogP contribution is 2.26. The topological polar surface area (TPSA) is 18.5 Å². The highest BCUT2D eigenvalue weighted by Gasteiger charge is 2.06. The molecule has 1 aromatic carbocycles. The third kappa shape index (κ3) is 4.38. The molecule has 0 saturated heterocycles. The van der Waals surface area contributed by atoms with Crippen LogP contribution in [0.15, 0.2) is 30.5 Å². The minimum absolute atomic E-state index is 0.142. The van der Waals surface area contributed by atoms with E-state index in [1.54, 1.807) is 6.08 Å². The van der Waals surface area contributed by atoms with E-state index in [4.69, 9.17) is 9.47 Å². The number of hydrogen-bond acceptors (Lipinski definition) is 2. The van der Waals surface area contributed by atoms with Gasteiger partial charge in [0.05, 0.1) is 12.2 Å². The largest absolute Gasteiger partial charge is 0.491 e. The molecule has 0 bridgehead atoms. The number of rotatable bonds is 5. The van der Waals surface area contributed by atoms with Crippen molar-refractivity contribution in [3.05, 3.63) is 36.1 Å². The molecule has 0 atom stereocenters. The van der Waals surface area contributed by atoms with Crippen LogP contribution < -0.4 is 9.47 Å². The quantitative estimate of drug-likeness (QED) is 0.713. The Hall–Kier alpha value is -1.66. The maximum absolute atomic E-state index is 5.70. The van der Waals surface area contributed by atoms with Gasteiger partial charge in [0, 0.05) is 5.56 Å². The summed E-state index contributed by atoms with van der Waals surface area (Å²) in [6.45, 7) is 11.6. The minimum Gasteiger partial charge on any atom is -0.491 e. The lowest BCUT2D eigenvalue weighted by Gasteiger charge is -2.15. The Morgan fingerprint density at radius 1 is 1.12 bits per heavy atom. The van der Waals surface area contributed by atoms with Crippen LogP contribution in [0.2, 0.25) is 0 Å². The van der Waals surface area contributed by atoms with Crippen molar-refractivity contribution < 1.29 is 9.47 Å². The molecule has 0 heterocycles. The summed E-state index contributed by atoms with van der Waals surface area (Å²) in [5, 5.41) is 0. The molecule has 0 aliphatic carbocycles. The second kappa shape index (κ2) is 6.17. The Morgan fingerprint density at radius 3 is 2.29 bits per heavy atom. The Balaban J connectivity index is 3.03. The fourth-order valence-electron chi connectivity index (χ4n) is 1.46. The summed E-state index contributed by atoms with van der Waals surface area (Å²) in [5.41, 5.74) is 3.70. The summed E-state index contributed by atoms with van der Waals surface area (Å²) in [5.74, 6) is 1.66. The third-order valence-electron chi connectivity index (χ3n) is 1.97. The van der Waals surface area contributed by atoms with Gasteiger partial charge in [-0.3, -0.25) is 0 Å². The van der Waals surface area contributed by atoms with Gasteiger partial charge in [0.2, 0.25) is 0 Å². The standard InChI is InChI=1S/C15H20O2/c1-6-7-13-10-14(16-11(2)3)8-9-15(13)17-12(4)5/h7-12H,1H2,2-5H3. The van der Waals surface area contributed by atoms with Crippen molar-refractivity contribution in [3.8, 4) is 11.5 Å². The maximum atomic E-state index is 5.70. The first kappa shape index (κ1) is 13.4. The average Bonchev–Trinajstić information content (AvgIpc) is 2.21. The molecule has 0 amide bonds. The third-order valence-corrected chi connectivity index (χ3v) is 1.97. The van der Waals surface area contributed by atoms with Gasteiger partial charge in [-0.05, 0) is 52.0 Å². The van der Waals surface area contributed by atoms with E-state index < -0.39 is 0 Å². The van der Waals surface area contributed by atoms with Crippen molar-refractivity contribution in [1.82, 2.24) is 0 Å². The van der Waals surface area contributed by atoms with Crippen LogP contribution in [-0.4, -0.2) is 12.2 Å². The van der Waals surface area contributed by atoms with Crippen LogP contribution in [0, 0.1) is 0 Å². The van der Waals surface area contributed by atoms with E-state index in [2.05, 4.69) is 12.3 Å². The predicted molar refractivity (Wildman–Crippen MR) is 71.6 cm³/mol. The Bertz CT molecular complexity index is 413. The summed E-state index contributed by atoms with van der Waals surface area (Å²) >= 11 is 0. The molecule has 2 heteroatoms. The summed E-state index contributed by atoms with van der Waals surface area (Å²) < 4.78 is 11.3. The number of hydrogen-bond donors (Lipinski definition) is 0. The first-order chi connectivity index (χ1) is 8.02. The molecule has 17 heavy (non-hydrogen) atoms. The lowest BCUT2D eigenvalue weighted by molar-refractivity contribution is 0.234. The van der Waals surface area contributed by atoms with Crippen molar-refractivity contribution in [2.45, 2.75) is 39.9 Å². The molecule has 0 aliphatic rings. The molecule has 0 unspecified atom stereocenters. The van der Waals surface area contributed by atoms with Crippen LogP contribution in [0.3, 0.4) is 0 Å². The number of benzene rings is 1. The highest BCUT2D eigenvalue weighted by atomic mass is 16.5. The van der Waals surface area contributed by atoms with Gasteiger partial charge in [0.15, 0.2) is 0 Å². The van der Waals surface area contributed by atoms with Gasteiger partial charge in [-0.1, -0.05) is 6.58 Å². The summed E-state index contributed by atoms with van der Waals surface area (Å²) in [6.07, 6.45) is 2.10. The molecule has 92 valence electrons. The average molecular weight is 232 g/mol. The second-order valence-electron chi connectivity index (χ2n) is 4.38. The molecule has 2 nitrogen and oxygen atoms in total. The summed E-state index contributed by atoms with van der Waals surface area (Å²) in [7, 11) is 0. The van der Waals surface area contributed by atoms with Crippen LogP contribution >= 0.6 is 0 Å². The molecule has 0 radical (unpaired) electrons. The molecule has 0 N–H and O–H groups in total. The van der Waals surface area contributed by atoms with E-state index in [1.807, 2.05) is 45.9 Å². The van der Waals surface area contributed by atoms with Crippen molar-refractivity contribution in [1.29, 1.82) is 0 Å². The van der Waals surface area contributed by atoms with Gasteiger partial charge < -0.3 is 9.47 Å². The lowest BCUT2D eigenvalue weighted by Crippen LogP contribution is -2.08. The van der Waals surface area contributed by atoms with E-state index >= 15 is 0 Å². The van der Waals surface area contributed by atoms with Crippen LogP contribution in [0.5, 0.6) is 11.5 Å². The summed E-state index contributed by atoms with van der Waals surface area (Å²) in [6, 6.07) is 5.77. The van der Waals surface area contributed by atoms with Gasteiger partial charge in [0.1, 0.15) is 11.5 Å². The van der Waals surface area contributed by atoms with Crippen LogP contribution in [-0.2, 0) is 0 Å². The highest BCUT2D eigenvalue weighted by molar-refractivity contribution is 5.59. The van der Waals surface area contributed by atoms with Gasteiger partial charge in [0.25, 0.3) is 0 Å². The van der Waals surface area contributed by atoms with Gasteiger partial charge >= 0.3 is 0 Å². The normalized spacial score (nSPS) is 10.2. The Labute approximate surface area is 104 Å². The molecule has 0 fully saturated rings. The van der Waals surface area contributed by atoms with Crippen molar-refractivity contribution in [2.24, 2.45) is 0 Å². The lowest BCUT2D eigenvalue weighted by atomic mass is 10.2. The molecule has 0 aliphatic heterocycles. The van der Waals surface area contributed by atoms with E-state index in [1.165, 1.54) is 0 Å². The first-order valence-corrected chi connectivity index (χ1v) is 5.86. The van der Waals surface area contributed by atoms with E-state index in [0.29, 0.717) is 0 Å². The van der Waals surface area contributed by atoms with E-state index in [-0.39, 0.29) is 12.2 Å². The molecule has 0 spiro atoms. The van der Waals surface area contributed by atoms with Gasteiger partial charge in [-0.15, -0.1) is 5.73 Å². The van der Waals surface area contributed by atoms with Crippen molar-refractivity contribution >= 4 is 6.08 Å². The predicted octanol–water partition coefficient (Wildman–Crippen LogP) is 4.06. The van der Waals surface area contributed by atoms with Crippen molar-refractivity contribution in [2.75, 3.05) is 0 Å². The van der Waals surface area contributed by atoms with Crippen molar-refractivity contribution in [3.63, 3.8) is 0 Å². The Morgan fingerprint density at radius 2 is 1.76 bits per heavy atom. The monoisotopic (exact) mass is 232 g/mol. The molecular formula is C15H20O2. The van der Waals surface area contributed by atoms with Crippen LogP contribution in [0.25, 0.3) is 6.08 Å². The van der Waals surface area contributed by atoms with E-state index in [9.17, 15) is 0 Å². The second-order valence-corrected chi connectivity index (χ2v) is 4.38. The zero-order valence-electron chi connectivity index (χ0n) is 11.0. The van der Waals surface area contributed by atoms with Gasteiger partial charge in [-0.2, -0.15) is 0 Å². The molecule has 0 aromatic heterocycles. The Kier molecular flexibility index (Phi) is 4.86. The summed E-state index contributed by atoms with van der Waals surface area (Å²) in [4.78, 5) is 0. The zero-order chi connectivity index (χ0) is 12.8. The van der Waals surface area contributed by atoms with Crippen LogP contribution in [0.1, 0.15) is 33.3 Å². The maximum Gasteiger partial charge on any atom is 0.127 e.